The fraction of sp³-hybridized carbons (Fsp3) is 0.545. The number of rotatable bonds is 7. The number of aromatic nitrogens is 2. The van der Waals surface area contributed by atoms with Crippen LogP contribution < -0.4 is 10.6 Å². The van der Waals surface area contributed by atoms with E-state index < -0.39 is 0 Å². The van der Waals surface area contributed by atoms with Crippen LogP contribution in [-0.2, 0) is 10.2 Å². The fourth-order valence-corrected chi connectivity index (χ4v) is 5.04. The number of nitrogens with zero attached hydrogens (tertiary/aromatic N) is 2. The second-order valence-corrected chi connectivity index (χ2v) is 10.7. The first-order chi connectivity index (χ1) is 14.3. The molecule has 8 heteroatoms. The standard InChI is InChI=1S/C22H30N4O2S2/c1-22(2,3)20-25-26-21(30-20)24-19(28)16-11-7-8-12-17(16)29-14-18(27)23-13-15-9-5-4-6-10-15/h7-8,11-12,15H,4-6,9-10,13-14H2,1-3H3,(H,23,27)(H,24,26,28). The van der Waals surface area contributed by atoms with Crippen molar-refractivity contribution in [1.29, 1.82) is 0 Å². The highest BCUT2D eigenvalue weighted by atomic mass is 32.2. The van der Waals surface area contributed by atoms with E-state index >= 15 is 0 Å². The minimum Gasteiger partial charge on any atom is -0.355 e. The van der Waals surface area contributed by atoms with Crippen LogP contribution in [0.3, 0.4) is 0 Å². The molecule has 1 aliphatic rings. The SMILES string of the molecule is CC(C)(C)c1nnc(NC(=O)c2ccccc2SCC(=O)NCC2CCCCC2)s1. The Labute approximate surface area is 186 Å². The molecule has 2 N–H and O–H groups in total. The maximum Gasteiger partial charge on any atom is 0.258 e. The first-order valence-electron chi connectivity index (χ1n) is 10.5. The molecule has 2 amide bonds. The van der Waals surface area contributed by atoms with E-state index in [4.69, 9.17) is 0 Å². The topological polar surface area (TPSA) is 84.0 Å². The van der Waals surface area contributed by atoms with Gasteiger partial charge in [-0.3, -0.25) is 14.9 Å². The highest BCUT2D eigenvalue weighted by Gasteiger charge is 2.21. The van der Waals surface area contributed by atoms with Gasteiger partial charge in [-0.2, -0.15) is 0 Å². The summed E-state index contributed by atoms with van der Waals surface area (Å²) in [5.74, 6) is 0.678. The monoisotopic (exact) mass is 446 g/mol. The third kappa shape index (κ3) is 6.54. The molecule has 3 rings (SSSR count). The van der Waals surface area contributed by atoms with E-state index in [1.807, 2.05) is 18.2 Å². The van der Waals surface area contributed by atoms with Gasteiger partial charge in [0.1, 0.15) is 5.01 Å². The summed E-state index contributed by atoms with van der Waals surface area (Å²) in [5.41, 5.74) is 0.425. The van der Waals surface area contributed by atoms with Gasteiger partial charge < -0.3 is 5.32 Å². The van der Waals surface area contributed by atoms with Crippen molar-refractivity contribution in [3.05, 3.63) is 34.8 Å². The molecule has 1 saturated carbocycles. The fourth-order valence-electron chi connectivity index (χ4n) is 3.37. The van der Waals surface area contributed by atoms with Crippen LogP contribution >= 0.6 is 23.1 Å². The first-order valence-corrected chi connectivity index (χ1v) is 12.3. The Balaban J connectivity index is 1.55. The number of benzene rings is 1. The minimum atomic E-state index is -0.239. The van der Waals surface area contributed by atoms with Crippen molar-refractivity contribution in [2.75, 3.05) is 17.6 Å². The van der Waals surface area contributed by atoms with E-state index in [1.54, 1.807) is 6.07 Å². The summed E-state index contributed by atoms with van der Waals surface area (Å²) in [5, 5.41) is 15.5. The van der Waals surface area contributed by atoms with Crippen molar-refractivity contribution < 1.29 is 9.59 Å². The summed E-state index contributed by atoms with van der Waals surface area (Å²) in [6.07, 6.45) is 6.26. The molecule has 1 aromatic carbocycles. The number of thioether (sulfide) groups is 1. The normalized spacial score (nSPS) is 15.0. The molecule has 162 valence electrons. The molecule has 1 aromatic heterocycles. The zero-order valence-corrected chi connectivity index (χ0v) is 19.5. The highest BCUT2D eigenvalue weighted by molar-refractivity contribution is 8.00. The molecule has 0 aliphatic heterocycles. The molecule has 30 heavy (non-hydrogen) atoms. The molecule has 1 fully saturated rings. The predicted molar refractivity (Wildman–Crippen MR) is 123 cm³/mol. The molecule has 0 unspecified atom stereocenters. The number of nitrogens with one attached hydrogen (secondary N) is 2. The quantitative estimate of drug-likeness (QED) is 0.593. The van der Waals surface area contributed by atoms with Crippen LogP contribution in [0.4, 0.5) is 5.13 Å². The predicted octanol–water partition coefficient (Wildman–Crippen LogP) is 4.88. The Hall–Kier alpha value is -1.93. The van der Waals surface area contributed by atoms with Gasteiger partial charge in [0.05, 0.1) is 11.3 Å². The molecule has 1 aliphatic carbocycles. The van der Waals surface area contributed by atoms with Crippen molar-refractivity contribution in [1.82, 2.24) is 15.5 Å². The van der Waals surface area contributed by atoms with Crippen LogP contribution in [-0.4, -0.2) is 34.3 Å². The van der Waals surface area contributed by atoms with Gasteiger partial charge >= 0.3 is 0 Å². The van der Waals surface area contributed by atoms with Gasteiger partial charge in [-0.25, -0.2) is 0 Å². The van der Waals surface area contributed by atoms with E-state index in [9.17, 15) is 9.59 Å². The van der Waals surface area contributed by atoms with Gasteiger partial charge in [-0.15, -0.1) is 22.0 Å². The van der Waals surface area contributed by atoms with Crippen molar-refractivity contribution in [2.24, 2.45) is 5.92 Å². The summed E-state index contributed by atoms with van der Waals surface area (Å²) in [4.78, 5) is 25.8. The van der Waals surface area contributed by atoms with Crippen molar-refractivity contribution in [3.63, 3.8) is 0 Å². The first kappa shape index (κ1) is 22.7. The Kier molecular flexibility index (Phi) is 7.88. The molecule has 0 saturated heterocycles. The molecule has 0 spiro atoms. The molecular weight excluding hydrogens is 416 g/mol. The van der Waals surface area contributed by atoms with Crippen LogP contribution in [0.2, 0.25) is 0 Å². The third-order valence-electron chi connectivity index (χ3n) is 5.09. The van der Waals surface area contributed by atoms with Crippen molar-refractivity contribution in [3.8, 4) is 0 Å². The molecule has 0 atom stereocenters. The average molecular weight is 447 g/mol. The lowest BCUT2D eigenvalue weighted by atomic mass is 9.89. The van der Waals surface area contributed by atoms with E-state index in [1.165, 1.54) is 55.2 Å². The number of hydrogen-bond acceptors (Lipinski definition) is 6. The van der Waals surface area contributed by atoms with E-state index in [0.717, 1.165) is 16.4 Å². The lowest BCUT2D eigenvalue weighted by Crippen LogP contribution is -2.31. The minimum absolute atomic E-state index is 0.0136. The lowest BCUT2D eigenvalue weighted by molar-refractivity contribution is -0.118. The smallest absolute Gasteiger partial charge is 0.258 e. The van der Waals surface area contributed by atoms with Gasteiger partial charge in [0.25, 0.3) is 5.91 Å². The average Bonchev–Trinajstić information content (AvgIpc) is 3.21. The van der Waals surface area contributed by atoms with E-state index in [2.05, 4.69) is 41.6 Å². The van der Waals surface area contributed by atoms with Gasteiger partial charge in [0.2, 0.25) is 11.0 Å². The maximum absolute atomic E-state index is 12.8. The molecule has 0 bridgehead atoms. The largest absolute Gasteiger partial charge is 0.355 e. The number of anilines is 1. The maximum atomic E-state index is 12.8. The Morgan fingerprint density at radius 1 is 1.13 bits per heavy atom. The summed E-state index contributed by atoms with van der Waals surface area (Å²) in [6, 6.07) is 7.34. The molecule has 2 aromatic rings. The molecule has 1 heterocycles. The zero-order chi connectivity index (χ0) is 21.6. The number of carbonyl (C=O) groups excluding carboxylic acids is 2. The summed E-state index contributed by atoms with van der Waals surface area (Å²) in [6.45, 7) is 6.94. The number of carbonyl (C=O) groups is 2. The van der Waals surface area contributed by atoms with Gasteiger partial charge in [-0.1, -0.05) is 63.5 Å². The molecule has 0 radical (unpaired) electrons. The third-order valence-corrected chi connectivity index (χ3v) is 7.43. The van der Waals surface area contributed by atoms with E-state index in [-0.39, 0.29) is 17.2 Å². The van der Waals surface area contributed by atoms with Crippen molar-refractivity contribution in [2.45, 2.75) is 63.2 Å². The summed E-state index contributed by atoms with van der Waals surface area (Å²) >= 11 is 2.77. The Morgan fingerprint density at radius 3 is 2.57 bits per heavy atom. The Bertz CT molecular complexity index is 870. The van der Waals surface area contributed by atoms with Gasteiger partial charge in [0.15, 0.2) is 0 Å². The van der Waals surface area contributed by atoms with Crippen molar-refractivity contribution >= 4 is 40.0 Å². The van der Waals surface area contributed by atoms with Crippen LogP contribution in [0.15, 0.2) is 29.2 Å². The zero-order valence-electron chi connectivity index (χ0n) is 17.9. The lowest BCUT2D eigenvalue weighted by Gasteiger charge is -2.21. The highest BCUT2D eigenvalue weighted by Crippen LogP contribution is 2.29. The molecular formula is C22H30N4O2S2. The van der Waals surface area contributed by atoms with Crippen LogP contribution in [0.25, 0.3) is 0 Å². The second kappa shape index (κ2) is 10.4. The van der Waals surface area contributed by atoms with Crippen LogP contribution in [0.1, 0.15) is 68.2 Å². The summed E-state index contributed by atoms with van der Waals surface area (Å²) < 4.78 is 0. The number of amides is 2. The molecule has 6 nitrogen and oxygen atoms in total. The summed E-state index contributed by atoms with van der Waals surface area (Å²) in [7, 11) is 0. The second-order valence-electron chi connectivity index (χ2n) is 8.71. The van der Waals surface area contributed by atoms with Crippen LogP contribution in [0.5, 0.6) is 0 Å². The van der Waals surface area contributed by atoms with Crippen LogP contribution in [0, 0.1) is 5.92 Å². The van der Waals surface area contributed by atoms with Gasteiger partial charge in [0, 0.05) is 16.9 Å². The van der Waals surface area contributed by atoms with E-state index in [0.29, 0.717) is 22.4 Å². The van der Waals surface area contributed by atoms with Gasteiger partial charge in [-0.05, 0) is 30.9 Å². The Morgan fingerprint density at radius 2 is 1.87 bits per heavy atom. The number of hydrogen-bond donors (Lipinski definition) is 2.